The summed E-state index contributed by atoms with van der Waals surface area (Å²) in [7, 11) is 0. The molecule has 22 heavy (non-hydrogen) atoms. The monoisotopic (exact) mass is 380 g/mol. The lowest BCUT2D eigenvalue weighted by molar-refractivity contribution is 0.0946. The maximum atomic E-state index is 13.3. The van der Waals surface area contributed by atoms with Gasteiger partial charge in [0, 0.05) is 16.4 Å². The number of nitrogens with one attached hydrogen (secondary N) is 1. The molecule has 0 unspecified atom stereocenters. The molecule has 1 amide bonds. The van der Waals surface area contributed by atoms with E-state index in [9.17, 15) is 9.18 Å². The summed E-state index contributed by atoms with van der Waals surface area (Å²) >= 11 is 4.55. The number of thiazole rings is 1. The van der Waals surface area contributed by atoms with Crippen molar-refractivity contribution in [3.8, 4) is 10.8 Å². The minimum Gasteiger partial charge on any atom is -0.462 e. The van der Waals surface area contributed by atoms with E-state index in [4.69, 9.17) is 4.42 Å². The summed E-state index contributed by atoms with van der Waals surface area (Å²) < 4.78 is 19.1. The van der Waals surface area contributed by atoms with Crippen molar-refractivity contribution in [2.75, 3.05) is 0 Å². The zero-order valence-corrected chi connectivity index (χ0v) is 13.6. The number of benzene rings is 1. The molecule has 3 aromatic rings. The van der Waals surface area contributed by atoms with Gasteiger partial charge in [-0.1, -0.05) is 15.9 Å². The molecule has 0 saturated heterocycles. The van der Waals surface area contributed by atoms with Crippen molar-refractivity contribution in [1.29, 1.82) is 0 Å². The zero-order chi connectivity index (χ0) is 15.5. The highest BCUT2D eigenvalue weighted by molar-refractivity contribution is 9.10. The summed E-state index contributed by atoms with van der Waals surface area (Å²) in [6.07, 6.45) is 1.55. The van der Waals surface area contributed by atoms with Gasteiger partial charge in [-0.3, -0.25) is 4.79 Å². The highest BCUT2D eigenvalue weighted by atomic mass is 79.9. The molecule has 2 heterocycles. The average Bonchev–Trinajstić information content (AvgIpc) is 3.14. The van der Waals surface area contributed by atoms with Crippen LogP contribution in [0.3, 0.4) is 0 Å². The van der Waals surface area contributed by atoms with Crippen molar-refractivity contribution in [3.05, 3.63) is 63.5 Å². The lowest BCUT2D eigenvalue weighted by atomic mass is 10.2. The third-order valence-electron chi connectivity index (χ3n) is 2.84. The van der Waals surface area contributed by atoms with Gasteiger partial charge in [0.15, 0.2) is 10.8 Å². The second kappa shape index (κ2) is 6.41. The van der Waals surface area contributed by atoms with Gasteiger partial charge in [-0.05, 0) is 35.9 Å². The molecule has 0 spiro atoms. The minimum absolute atomic E-state index is 0.225. The summed E-state index contributed by atoms with van der Waals surface area (Å²) in [6, 6.07) is 8.03. The first-order valence-electron chi connectivity index (χ1n) is 6.34. The Morgan fingerprint density at radius 1 is 1.41 bits per heavy atom. The standard InChI is InChI=1S/C15H10BrFN2O2S/c16-10-4-9(5-11(17)6-10)7-18-14(20)12-8-22-15(19-12)13-2-1-3-21-13/h1-6,8H,7H2,(H,18,20). The lowest BCUT2D eigenvalue weighted by Gasteiger charge is -2.04. The molecule has 1 aromatic carbocycles. The van der Waals surface area contributed by atoms with Crippen molar-refractivity contribution < 1.29 is 13.6 Å². The predicted octanol–water partition coefficient (Wildman–Crippen LogP) is 4.23. The van der Waals surface area contributed by atoms with E-state index in [1.165, 1.54) is 23.5 Å². The number of carbonyl (C=O) groups is 1. The first-order valence-corrected chi connectivity index (χ1v) is 8.01. The molecular formula is C15H10BrFN2O2S. The topological polar surface area (TPSA) is 55.1 Å². The number of carbonyl (C=O) groups excluding carboxylic acids is 1. The molecule has 0 aliphatic carbocycles. The van der Waals surface area contributed by atoms with Crippen LogP contribution < -0.4 is 5.32 Å². The van der Waals surface area contributed by atoms with Crippen molar-refractivity contribution in [3.63, 3.8) is 0 Å². The summed E-state index contributed by atoms with van der Waals surface area (Å²) in [5.74, 6) is -0.0417. The van der Waals surface area contributed by atoms with Gasteiger partial charge < -0.3 is 9.73 Å². The maximum absolute atomic E-state index is 13.3. The largest absolute Gasteiger partial charge is 0.462 e. The smallest absolute Gasteiger partial charge is 0.271 e. The Morgan fingerprint density at radius 3 is 3.00 bits per heavy atom. The van der Waals surface area contributed by atoms with E-state index in [-0.39, 0.29) is 18.3 Å². The van der Waals surface area contributed by atoms with E-state index in [1.807, 2.05) is 0 Å². The van der Waals surface area contributed by atoms with Crippen LogP contribution in [0.4, 0.5) is 4.39 Å². The van der Waals surface area contributed by atoms with Crippen LogP contribution in [-0.2, 0) is 6.54 Å². The molecule has 0 bridgehead atoms. The molecule has 7 heteroatoms. The lowest BCUT2D eigenvalue weighted by Crippen LogP contribution is -2.23. The third-order valence-corrected chi connectivity index (χ3v) is 4.16. The Morgan fingerprint density at radius 2 is 2.27 bits per heavy atom. The number of aromatic nitrogens is 1. The van der Waals surface area contributed by atoms with E-state index < -0.39 is 0 Å². The van der Waals surface area contributed by atoms with Gasteiger partial charge in [-0.2, -0.15) is 0 Å². The van der Waals surface area contributed by atoms with Gasteiger partial charge in [0.2, 0.25) is 0 Å². The van der Waals surface area contributed by atoms with Crippen LogP contribution in [0.25, 0.3) is 10.8 Å². The Kier molecular flexibility index (Phi) is 4.35. The van der Waals surface area contributed by atoms with Gasteiger partial charge in [0.25, 0.3) is 5.91 Å². The van der Waals surface area contributed by atoms with Gasteiger partial charge >= 0.3 is 0 Å². The van der Waals surface area contributed by atoms with E-state index in [2.05, 4.69) is 26.2 Å². The van der Waals surface area contributed by atoms with E-state index >= 15 is 0 Å². The minimum atomic E-state index is -0.354. The summed E-state index contributed by atoms with van der Waals surface area (Å²) in [4.78, 5) is 16.3. The summed E-state index contributed by atoms with van der Waals surface area (Å²) in [6.45, 7) is 0.225. The molecule has 3 rings (SSSR count). The number of furan rings is 1. The average molecular weight is 381 g/mol. The zero-order valence-electron chi connectivity index (χ0n) is 11.2. The van der Waals surface area contributed by atoms with Gasteiger partial charge in [0.05, 0.1) is 6.26 Å². The van der Waals surface area contributed by atoms with Crippen molar-refractivity contribution in [2.45, 2.75) is 6.54 Å². The highest BCUT2D eigenvalue weighted by Gasteiger charge is 2.13. The normalized spacial score (nSPS) is 10.6. The fraction of sp³-hybridized carbons (Fsp3) is 0.0667. The molecule has 0 atom stereocenters. The van der Waals surface area contributed by atoms with Crippen LogP contribution in [0.1, 0.15) is 16.1 Å². The van der Waals surface area contributed by atoms with Crippen molar-refractivity contribution in [2.24, 2.45) is 0 Å². The number of nitrogens with zero attached hydrogens (tertiary/aromatic N) is 1. The predicted molar refractivity (Wildman–Crippen MR) is 85.1 cm³/mol. The molecule has 1 N–H and O–H groups in total. The van der Waals surface area contributed by atoms with E-state index in [1.54, 1.807) is 29.8 Å². The van der Waals surface area contributed by atoms with Crippen molar-refractivity contribution in [1.82, 2.24) is 10.3 Å². The van der Waals surface area contributed by atoms with Gasteiger partial charge in [-0.25, -0.2) is 9.37 Å². The second-order valence-electron chi connectivity index (χ2n) is 4.48. The van der Waals surface area contributed by atoms with Gasteiger partial charge in [-0.15, -0.1) is 11.3 Å². The quantitative estimate of drug-likeness (QED) is 0.736. The van der Waals surface area contributed by atoms with Gasteiger partial charge in [0.1, 0.15) is 11.5 Å². The first kappa shape index (κ1) is 14.9. The van der Waals surface area contributed by atoms with Crippen LogP contribution in [-0.4, -0.2) is 10.9 Å². The Bertz CT molecular complexity index is 781. The number of halogens is 2. The molecule has 2 aromatic heterocycles. The van der Waals surface area contributed by atoms with Crippen LogP contribution in [0, 0.1) is 5.82 Å². The molecule has 112 valence electrons. The third kappa shape index (κ3) is 3.42. The number of hydrogen-bond acceptors (Lipinski definition) is 4. The summed E-state index contributed by atoms with van der Waals surface area (Å²) in [5, 5.41) is 5.02. The number of hydrogen-bond donors (Lipinski definition) is 1. The molecule has 4 nitrogen and oxygen atoms in total. The molecule has 0 fully saturated rings. The number of rotatable bonds is 4. The Hall–Kier alpha value is -1.99. The Balaban J connectivity index is 1.67. The highest BCUT2D eigenvalue weighted by Crippen LogP contribution is 2.24. The van der Waals surface area contributed by atoms with Crippen LogP contribution >= 0.6 is 27.3 Å². The molecule has 0 aliphatic rings. The van der Waals surface area contributed by atoms with Crippen LogP contribution in [0.15, 0.2) is 50.9 Å². The molecule has 0 radical (unpaired) electrons. The fourth-order valence-electron chi connectivity index (χ4n) is 1.88. The first-order chi connectivity index (χ1) is 10.6. The Labute approximate surface area is 138 Å². The van der Waals surface area contributed by atoms with E-state index in [0.717, 1.165) is 0 Å². The van der Waals surface area contributed by atoms with Crippen LogP contribution in [0.5, 0.6) is 0 Å². The SMILES string of the molecule is O=C(NCc1cc(F)cc(Br)c1)c1csc(-c2ccco2)n1. The fourth-order valence-corrected chi connectivity index (χ4v) is 3.16. The molecular weight excluding hydrogens is 371 g/mol. The molecule has 0 aliphatic heterocycles. The second-order valence-corrected chi connectivity index (χ2v) is 6.25. The number of amides is 1. The molecule has 0 saturated carbocycles. The summed E-state index contributed by atoms with van der Waals surface area (Å²) in [5.41, 5.74) is 0.980. The van der Waals surface area contributed by atoms with Crippen molar-refractivity contribution >= 4 is 33.2 Å². The van der Waals surface area contributed by atoms with Crippen LogP contribution in [0.2, 0.25) is 0 Å². The maximum Gasteiger partial charge on any atom is 0.271 e. The van der Waals surface area contributed by atoms with E-state index in [0.29, 0.717) is 26.5 Å².